The average Bonchev–Trinajstić information content (AvgIpc) is 3.23. The lowest BCUT2D eigenvalue weighted by Gasteiger charge is -2.04. The number of aromatic carboxylic acids is 1. The molecule has 5 nitrogen and oxygen atoms in total. The molecular weight excluding hydrogens is 334 g/mol. The average molecular weight is 349 g/mol. The molecule has 4 aromatic rings. The number of nitrogens with zero attached hydrogens (tertiary/aromatic N) is 3. The van der Waals surface area contributed by atoms with Gasteiger partial charge < -0.3 is 5.11 Å². The van der Waals surface area contributed by atoms with E-state index in [0.29, 0.717) is 12.1 Å². The van der Waals surface area contributed by atoms with Crippen molar-refractivity contribution in [1.82, 2.24) is 14.6 Å². The summed E-state index contributed by atoms with van der Waals surface area (Å²) >= 11 is 1.63. The fraction of sp³-hybridized carbons (Fsp3) is 0.105. The van der Waals surface area contributed by atoms with Crippen LogP contribution in [0.1, 0.15) is 27.3 Å². The molecule has 0 aliphatic rings. The van der Waals surface area contributed by atoms with Gasteiger partial charge in [0.1, 0.15) is 5.69 Å². The molecule has 0 radical (unpaired) electrons. The van der Waals surface area contributed by atoms with E-state index in [4.69, 9.17) is 10.2 Å². The van der Waals surface area contributed by atoms with Crippen LogP contribution in [0.5, 0.6) is 0 Å². The van der Waals surface area contributed by atoms with Crippen molar-refractivity contribution in [2.24, 2.45) is 0 Å². The minimum Gasteiger partial charge on any atom is -0.477 e. The Hall–Kier alpha value is -2.99. The Morgan fingerprint density at radius 1 is 1.24 bits per heavy atom. The lowest BCUT2D eigenvalue weighted by molar-refractivity contribution is 0.0690. The Bertz CT molecular complexity index is 1070. The highest BCUT2D eigenvalue weighted by atomic mass is 32.1. The van der Waals surface area contributed by atoms with E-state index >= 15 is 0 Å². The smallest absolute Gasteiger partial charge is 0.354 e. The van der Waals surface area contributed by atoms with E-state index in [2.05, 4.69) is 22.5 Å². The molecule has 1 N–H and O–H groups in total. The van der Waals surface area contributed by atoms with Crippen molar-refractivity contribution in [2.75, 3.05) is 0 Å². The highest BCUT2D eigenvalue weighted by molar-refractivity contribution is 7.08. The van der Waals surface area contributed by atoms with Crippen molar-refractivity contribution in [2.45, 2.75) is 13.3 Å². The van der Waals surface area contributed by atoms with Crippen molar-refractivity contribution in [1.29, 1.82) is 0 Å². The van der Waals surface area contributed by atoms with E-state index in [1.807, 2.05) is 35.1 Å². The molecule has 0 amide bonds. The van der Waals surface area contributed by atoms with Crippen LogP contribution in [0.15, 0.2) is 53.4 Å². The number of carbonyl (C=O) groups is 1. The predicted molar refractivity (Wildman–Crippen MR) is 97.2 cm³/mol. The lowest BCUT2D eigenvalue weighted by atomic mass is 10.0. The van der Waals surface area contributed by atoms with Gasteiger partial charge in [-0.05, 0) is 42.1 Å². The molecule has 25 heavy (non-hydrogen) atoms. The van der Waals surface area contributed by atoms with Crippen molar-refractivity contribution >= 4 is 22.8 Å². The number of aryl methyl sites for hydroxylation is 1. The third kappa shape index (κ3) is 2.92. The van der Waals surface area contributed by atoms with Gasteiger partial charge in [0.2, 0.25) is 0 Å². The first-order valence-electron chi connectivity index (χ1n) is 7.81. The molecule has 0 spiro atoms. The highest BCUT2D eigenvalue weighted by Gasteiger charge is 2.16. The van der Waals surface area contributed by atoms with Gasteiger partial charge >= 0.3 is 5.97 Å². The number of carboxylic acids is 1. The number of thiophene rings is 1. The summed E-state index contributed by atoms with van der Waals surface area (Å²) in [6, 6.07) is 11.2. The maximum absolute atomic E-state index is 11.2. The molecule has 4 rings (SSSR count). The first-order chi connectivity index (χ1) is 12.1. The molecular formula is C19H15N3O2S. The van der Waals surface area contributed by atoms with Gasteiger partial charge in [-0.1, -0.05) is 12.1 Å². The van der Waals surface area contributed by atoms with Crippen LogP contribution in [0.4, 0.5) is 0 Å². The van der Waals surface area contributed by atoms with Crippen LogP contribution < -0.4 is 0 Å². The summed E-state index contributed by atoms with van der Waals surface area (Å²) in [5.74, 6) is -1.02. The Labute approximate surface area is 148 Å². The predicted octanol–water partition coefficient (Wildman–Crippen LogP) is 4.06. The summed E-state index contributed by atoms with van der Waals surface area (Å²) in [4.78, 5) is 15.4. The maximum atomic E-state index is 11.2. The van der Waals surface area contributed by atoms with Gasteiger partial charge in [0.15, 0.2) is 0 Å². The van der Waals surface area contributed by atoms with Crippen LogP contribution in [0.3, 0.4) is 0 Å². The van der Waals surface area contributed by atoms with Crippen LogP contribution in [-0.4, -0.2) is 25.7 Å². The van der Waals surface area contributed by atoms with Gasteiger partial charge in [0.25, 0.3) is 0 Å². The first-order valence-corrected chi connectivity index (χ1v) is 8.76. The molecule has 0 aliphatic heterocycles. The van der Waals surface area contributed by atoms with Crippen molar-refractivity contribution in [3.63, 3.8) is 0 Å². The largest absolute Gasteiger partial charge is 0.477 e. The van der Waals surface area contributed by atoms with E-state index in [1.165, 1.54) is 6.07 Å². The van der Waals surface area contributed by atoms with Gasteiger partial charge in [0.05, 0.1) is 11.2 Å². The first kappa shape index (κ1) is 15.5. The fourth-order valence-corrected chi connectivity index (χ4v) is 3.53. The Morgan fingerprint density at radius 2 is 2.12 bits per heavy atom. The number of hydrogen-bond donors (Lipinski definition) is 1. The molecule has 0 unspecified atom stereocenters. The van der Waals surface area contributed by atoms with Gasteiger partial charge in [-0.15, -0.1) is 0 Å². The highest BCUT2D eigenvalue weighted by Crippen LogP contribution is 2.29. The zero-order valence-corrected chi connectivity index (χ0v) is 14.3. The summed E-state index contributed by atoms with van der Waals surface area (Å²) in [5, 5.41) is 18.0. The zero-order valence-electron chi connectivity index (χ0n) is 13.5. The molecule has 0 bridgehead atoms. The van der Waals surface area contributed by atoms with Crippen LogP contribution in [0, 0.1) is 6.92 Å². The van der Waals surface area contributed by atoms with Crippen LogP contribution in [0.25, 0.3) is 16.8 Å². The summed E-state index contributed by atoms with van der Waals surface area (Å²) in [7, 11) is 0. The molecule has 0 saturated heterocycles. The number of rotatable bonds is 4. The Balaban J connectivity index is 1.86. The molecule has 4 aromatic heterocycles. The minimum atomic E-state index is -1.02. The third-order valence-corrected chi connectivity index (χ3v) is 4.74. The molecule has 0 aromatic carbocycles. The number of fused-ring (bicyclic) bond motifs is 1. The van der Waals surface area contributed by atoms with Crippen molar-refractivity contribution in [3.8, 4) is 11.3 Å². The molecule has 6 heteroatoms. The Morgan fingerprint density at radius 3 is 2.88 bits per heavy atom. The quantitative estimate of drug-likeness (QED) is 0.603. The normalized spacial score (nSPS) is 11.1. The monoisotopic (exact) mass is 349 g/mol. The van der Waals surface area contributed by atoms with Crippen LogP contribution in [-0.2, 0) is 6.42 Å². The number of aromatic nitrogens is 3. The molecule has 124 valence electrons. The van der Waals surface area contributed by atoms with E-state index in [9.17, 15) is 4.79 Å². The number of pyridine rings is 2. The van der Waals surface area contributed by atoms with Gasteiger partial charge in [-0.3, -0.25) is 0 Å². The SMILES string of the molecule is Cc1ccc2c(Cc3cccc(C(=O)O)n3)c(-c3ccsc3)nn2c1. The molecule has 0 fully saturated rings. The summed E-state index contributed by atoms with van der Waals surface area (Å²) in [5.41, 5.74) is 5.94. The zero-order chi connectivity index (χ0) is 17.4. The molecule has 0 atom stereocenters. The second-order valence-corrected chi connectivity index (χ2v) is 6.65. The van der Waals surface area contributed by atoms with E-state index in [0.717, 1.165) is 27.9 Å². The van der Waals surface area contributed by atoms with E-state index < -0.39 is 5.97 Å². The van der Waals surface area contributed by atoms with Crippen molar-refractivity contribution < 1.29 is 9.90 Å². The fourth-order valence-electron chi connectivity index (χ4n) is 2.89. The second-order valence-electron chi connectivity index (χ2n) is 5.87. The molecule has 0 aliphatic carbocycles. The molecule has 4 heterocycles. The van der Waals surface area contributed by atoms with E-state index in [1.54, 1.807) is 17.4 Å². The van der Waals surface area contributed by atoms with Crippen molar-refractivity contribution in [3.05, 3.63) is 75.9 Å². The standard InChI is InChI=1S/C19H15N3O2S/c1-12-5-6-17-15(9-14-3-2-4-16(20-14)19(23)24)18(21-22(17)10-12)13-7-8-25-11-13/h2-8,10-11H,9H2,1H3,(H,23,24). The summed E-state index contributed by atoms with van der Waals surface area (Å²) in [6.45, 7) is 2.03. The summed E-state index contributed by atoms with van der Waals surface area (Å²) in [6.07, 6.45) is 2.52. The maximum Gasteiger partial charge on any atom is 0.354 e. The van der Waals surface area contributed by atoms with Gasteiger partial charge in [0, 0.05) is 34.8 Å². The number of hydrogen-bond acceptors (Lipinski definition) is 4. The second kappa shape index (κ2) is 6.14. The van der Waals surface area contributed by atoms with Crippen LogP contribution >= 0.6 is 11.3 Å². The summed E-state index contributed by atoms with van der Waals surface area (Å²) < 4.78 is 1.89. The third-order valence-electron chi connectivity index (χ3n) is 4.06. The minimum absolute atomic E-state index is 0.0573. The van der Waals surface area contributed by atoms with Gasteiger partial charge in [-0.25, -0.2) is 14.3 Å². The number of carboxylic acid groups (broad SMARTS) is 1. The topological polar surface area (TPSA) is 67.5 Å². The van der Waals surface area contributed by atoms with Gasteiger partial charge in [-0.2, -0.15) is 16.4 Å². The van der Waals surface area contributed by atoms with E-state index in [-0.39, 0.29) is 5.69 Å². The molecule has 0 saturated carbocycles. The Kier molecular flexibility index (Phi) is 3.82. The van der Waals surface area contributed by atoms with Crippen LogP contribution in [0.2, 0.25) is 0 Å². The lowest BCUT2D eigenvalue weighted by Crippen LogP contribution is -2.03.